The zero-order chi connectivity index (χ0) is 13.0. The van der Waals surface area contributed by atoms with Crippen LogP contribution in [0.2, 0.25) is 0 Å². The van der Waals surface area contributed by atoms with E-state index in [-0.39, 0.29) is 5.92 Å². The van der Waals surface area contributed by atoms with Gasteiger partial charge in [0, 0.05) is 12.0 Å². The van der Waals surface area contributed by atoms with Gasteiger partial charge in [-0.05, 0) is 18.8 Å². The fourth-order valence-corrected chi connectivity index (χ4v) is 2.35. The molecule has 0 saturated heterocycles. The average Bonchev–Trinajstić information content (AvgIpc) is 2.37. The second-order valence-electron chi connectivity index (χ2n) is 5.46. The molecule has 2 rings (SSSR count). The minimum atomic E-state index is 0.269. The van der Waals surface area contributed by atoms with Crippen LogP contribution < -0.4 is 10.5 Å². The molecule has 0 spiro atoms. The molecule has 0 aliphatic heterocycles. The summed E-state index contributed by atoms with van der Waals surface area (Å²) in [7, 11) is 0. The van der Waals surface area contributed by atoms with Crippen molar-refractivity contribution in [2.75, 3.05) is 12.3 Å². The van der Waals surface area contributed by atoms with Crippen molar-refractivity contribution in [3.05, 3.63) is 11.9 Å². The summed E-state index contributed by atoms with van der Waals surface area (Å²) < 4.78 is 5.79. The molecule has 2 N–H and O–H groups in total. The highest BCUT2D eigenvalue weighted by Crippen LogP contribution is 2.25. The SMILES string of the molecule is CC(C)c1nc(N)cc(OCC2CCCCC2)n1. The first-order valence-corrected chi connectivity index (χ1v) is 6.92. The number of anilines is 1. The Hall–Kier alpha value is -1.32. The van der Waals surface area contributed by atoms with Crippen LogP contribution in [0.1, 0.15) is 57.7 Å². The Labute approximate surface area is 109 Å². The number of ether oxygens (including phenoxy) is 1. The Balaban J connectivity index is 1.95. The van der Waals surface area contributed by atoms with Crippen molar-refractivity contribution in [3.8, 4) is 5.88 Å². The quantitative estimate of drug-likeness (QED) is 0.890. The van der Waals surface area contributed by atoms with Crippen LogP contribution in [0.5, 0.6) is 5.88 Å². The van der Waals surface area contributed by atoms with Crippen LogP contribution in [-0.2, 0) is 0 Å². The molecular weight excluding hydrogens is 226 g/mol. The molecule has 1 aliphatic rings. The summed E-state index contributed by atoms with van der Waals surface area (Å²) in [6.07, 6.45) is 6.58. The summed E-state index contributed by atoms with van der Waals surface area (Å²) in [6.45, 7) is 4.87. The van der Waals surface area contributed by atoms with Crippen LogP contribution in [0, 0.1) is 5.92 Å². The summed E-state index contributed by atoms with van der Waals surface area (Å²) in [4.78, 5) is 8.62. The third kappa shape index (κ3) is 3.59. The fraction of sp³-hybridized carbons (Fsp3) is 0.714. The minimum Gasteiger partial charge on any atom is -0.477 e. The van der Waals surface area contributed by atoms with E-state index in [0.29, 0.717) is 17.6 Å². The first kappa shape index (κ1) is 13.1. The van der Waals surface area contributed by atoms with Crippen molar-refractivity contribution >= 4 is 5.82 Å². The zero-order valence-corrected chi connectivity index (χ0v) is 11.4. The van der Waals surface area contributed by atoms with Gasteiger partial charge in [0.15, 0.2) is 0 Å². The standard InChI is InChI=1S/C14H23N3O/c1-10(2)14-16-12(15)8-13(17-14)18-9-11-6-4-3-5-7-11/h8,10-11H,3-7,9H2,1-2H3,(H2,15,16,17). The number of hydrogen-bond donors (Lipinski definition) is 1. The highest BCUT2D eigenvalue weighted by molar-refractivity contribution is 5.33. The predicted octanol–water partition coefficient (Wildman–Crippen LogP) is 3.14. The van der Waals surface area contributed by atoms with Crippen molar-refractivity contribution in [2.45, 2.75) is 51.9 Å². The topological polar surface area (TPSA) is 61.0 Å². The van der Waals surface area contributed by atoms with Crippen LogP contribution in [0.3, 0.4) is 0 Å². The average molecular weight is 249 g/mol. The number of nitrogen functional groups attached to an aromatic ring is 1. The number of hydrogen-bond acceptors (Lipinski definition) is 4. The highest BCUT2D eigenvalue weighted by atomic mass is 16.5. The maximum atomic E-state index is 5.79. The van der Waals surface area contributed by atoms with E-state index in [1.54, 1.807) is 6.07 Å². The number of rotatable bonds is 4. The van der Waals surface area contributed by atoms with Crippen LogP contribution in [0.15, 0.2) is 6.07 Å². The molecule has 18 heavy (non-hydrogen) atoms. The molecule has 0 radical (unpaired) electrons. The van der Waals surface area contributed by atoms with Crippen LogP contribution >= 0.6 is 0 Å². The first-order valence-electron chi connectivity index (χ1n) is 6.92. The van der Waals surface area contributed by atoms with Gasteiger partial charge in [0.25, 0.3) is 0 Å². The molecule has 1 aromatic rings. The Kier molecular flexibility index (Phi) is 4.39. The van der Waals surface area contributed by atoms with E-state index in [9.17, 15) is 0 Å². The lowest BCUT2D eigenvalue weighted by atomic mass is 9.90. The van der Waals surface area contributed by atoms with E-state index in [1.807, 2.05) is 0 Å². The first-order chi connectivity index (χ1) is 8.65. The van der Waals surface area contributed by atoms with E-state index in [4.69, 9.17) is 10.5 Å². The van der Waals surface area contributed by atoms with Gasteiger partial charge in [0.2, 0.25) is 5.88 Å². The minimum absolute atomic E-state index is 0.269. The van der Waals surface area contributed by atoms with E-state index < -0.39 is 0 Å². The van der Waals surface area contributed by atoms with E-state index in [2.05, 4.69) is 23.8 Å². The van der Waals surface area contributed by atoms with Gasteiger partial charge in [-0.3, -0.25) is 0 Å². The molecule has 1 aromatic heterocycles. The molecular formula is C14H23N3O. The van der Waals surface area contributed by atoms with Crippen LogP contribution in [0.4, 0.5) is 5.82 Å². The third-order valence-corrected chi connectivity index (χ3v) is 3.45. The fourth-order valence-electron chi connectivity index (χ4n) is 2.35. The van der Waals surface area contributed by atoms with Gasteiger partial charge in [-0.1, -0.05) is 33.1 Å². The van der Waals surface area contributed by atoms with Crippen molar-refractivity contribution in [2.24, 2.45) is 5.92 Å². The molecule has 1 aliphatic carbocycles. The van der Waals surface area contributed by atoms with Crippen molar-refractivity contribution in [3.63, 3.8) is 0 Å². The lowest BCUT2D eigenvalue weighted by molar-refractivity contribution is 0.202. The summed E-state index contributed by atoms with van der Waals surface area (Å²) >= 11 is 0. The summed E-state index contributed by atoms with van der Waals surface area (Å²) in [5.74, 6) is 2.82. The second kappa shape index (κ2) is 6.03. The number of aromatic nitrogens is 2. The Morgan fingerprint density at radius 2 is 2.00 bits per heavy atom. The zero-order valence-electron chi connectivity index (χ0n) is 11.4. The van der Waals surface area contributed by atoms with Crippen LogP contribution in [-0.4, -0.2) is 16.6 Å². The Bertz CT molecular complexity index is 387. The second-order valence-corrected chi connectivity index (χ2v) is 5.46. The largest absolute Gasteiger partial charge is 0.477 e. The van der Waals surface area contributed by atoms with Gasteiger partial charge in [-0.2, -0.15) is 4.98 Å². The van der Waals surface area contributed by atoms with E-state index in [0.717, 1.165) is 12.4 Å². The Morgan fingerprint density at radius 1 is 1.28 bits per heavy atom. The molecule has 1 heterocycles. The summed E-state index contributed by atoms with van der Waals surface area (Å²) in [5.41, 5.74) is 5.77. The Morgan fingerprint density at radius 3 is 2.67 bits per heavy atom. The molecule has 0 unspecified atom stereocenters. The van der Waals surface area contributed by atoms with Gasteiger partial charge < -0.3 is 10.5 Å². The lowest BCUT2D eigenvalue weighted by Gasteiger charge is -2.21. The van der Waals surface area contributed by atoms with Crippen molar-refractivity contribution in [1.29, 1.82) is 0 Å². The van der Waals surface area contributed by atoms with Gasteiger partial charge >= 0.3 is 0 Å². The predicted molar refractivity (Wildman–Crippen MR) is 72.6 cm³/mol. The lowest BCUT2D eigenvalue weighted by Crippen LogP contribution is -2.16. The molecule has 0 amide bonds. The van der Waals surface area contributed by atoms with E-state index >= 15 is 0 Å². The molecule has 4 heteroatoms. The van der Waals surface area contributed by atoms with Crippen molar-refractivity contribution < 1.29 is 4.74 Å². The van der Waals surface area contributed by atoms with Crippen molar-refractivity contribution in [1.82, 2.24) is 9.97 Å². The smallest absolute Gasteiger partial charge is 0.218 e. The number of nitrogens with zero attached hydrogens (tertiary/aromatic N) is 2. The molecule has 4 nitrogen and oxygen atoms in total. The van der Waals surface area contributed by atoms with Crippen LogP contribution in [0.25, 0.3) is 0 Å². The van der Waals surface area contributed by atoms with Gasteiger partial charge in [0.1, 0.15) is 11.6 Å². The third-order valence-electron chi connectivity index (χ3n) is 3.45. The molecule has 0 atom stereocenters. The van der Waals surface area contributed by atoms with Gasteiger partial charge in [-0.25, -0.2) is 4.98 Å². The molecule has 1 saturated carbocycles. The molecule has 100 valence electrons. The molecule has 0 bridgehead atoms. The molecule has 0 aromatic carbocycles. The van der Waals surface area contributed by atoms with Gasteiger partial charge in [-0.15, -0.1) is 0 Å². The highest BCUT2D eigenvalue weighted by Gasteiger charge is 2.15. The normalized spacial score (nSPS) is 17.1. The van der Waals surface area contributed by atoms with Gasteiger partial charge in [0.05, 0.1) is 6.61 Å². The summed E-state index contributed by atoms with van der Waals surface area (Å²) in [5, 5.41) is 0. The van der Waals surface area contributed by atoms with E-state index in [1.165, 1.54) is 32.1 Å². The number of nitrogens with two attached hydrogens (primary N) is 1. The summed E-state index contributed by atoms with van der Waals surface area (Å²) in [6, 6.07) is 1.72. The maximum absolute atomic E-state index is 5.79. The maximum Gasteiger partial charge on any atom is 0.218 e. The monoisotopic (exact) mass is 249 g/mol. The molecule has 1 fully saturated rings.